The van der Waals surface area contributed by atoms with E-state index in [9.17, 15) is 0 Å². The highest BCUT2D eigenvalue weighted by atomic mass is 32.1. The highest BCUT2D eigenvalue weighted by molar-refractivity contribution is 7.19. The SMILES string of the molecule is COCOc1ccc(C=Cc2nc3cc(N)ccc3s2)cc1OC. The molecule has 2 N–H and O–H groups in total. The molecule has 5 nitrogen and oxygen atoms in total. The number of hydrogen-bond donors (Lipinski definition) is 1. The summed E-state index contributed by atoms with van der Waals surface area (Å²) in [5.74, 6) is 1.30. The second-order valence-electron chi connectivity index (χ2n) is 5.07. The standard InChI is InChI=1S/C18H18N2O3S/c1-21-11-23-15-6-3-12(9-16(15)22-2)4-8-18-20-14-10-13(19)5-7-17(14)24-18/h3-10H,11,19H2,1-2H3. The molecule has 0 radical (unpaired) electrons. The molecule has 1 heterocycles. The number of fused-ring (bicyclic) bond motifs is 1. The molecule has 0 aliphatic rings. The fourth-order valence-electron chi connectivity index (χ4n) is 2.23. The van der Waals surface area contributed by atoms with Crippen molar-refractivity contribution < 1.29 is 14.2 Å². The minimum absolute atomic E-state index is 0.181. The maximum absolute atomic E-state index is 5.79. The molecule has 0 fully saturated rings. The predicted octanol–water partition coefficient (Wildman–Crippen LogP) is 4.04. The zero-order valence-electron chi connectivity index (χ0n) is 13.5. The number of nitrogens with zero attached hydrogens (tertiary/aromatic N) is 1. The molecular weight excluding hydrogens is 324 g/mol. The minimum Gasteiger partial charge on any atom is -0.493 e. The molecule has 0 atom stereocenters. The number of ether oxygens (including phenoxy) is 3. The van der Waals surface area contributed by atoms with Gasteiger partial charge in [0.15, 0.2) is 18.3 Å². The topological polar surface area (TPSA) is 66.6 Å². The van der Waals surface area contributed by atoms with E-state index < -0.39 is 0 Å². The summed E-state index contributed by atoms with van der Waals surface area (Å²) in [5.41, 5.74) is 8.43. The number of benzene rings is 2. The lowest BCUT2D eigenvalue weighted by molar-refractivity contribution is 0.0491. The summed E-state index contributed by atoms with van der Waals surface area (Å²) < 4.78 is 16.8. The Labute approximate surface area is 144 Å². The van der Waals surface area contributed by atoms with Crippen molar-refractivity contribution in [2.24, 2.45) is 0 Å². The van der Waals surface area contributed by atoms with Gasteiger partial charge in [-0.05, 0) is 42.0 Å². The van der Waals surface area contributed by atoms with Crippen molar-refractivity contribution in [3.8, 4) is 11.5 Å². The molecule has 0 unspecified atom stereocenters. The van der Waals surface area contributed by atoms with Crippen LogP contribution >= 0.6 is 11.3 Å². The molecule has 0 saturated carbocycles. The summed E-state index contributed by atoms with van der Waals surface area (Å²) in [6.07, 6.45) is 3.97. The van der Waals surface area contributed by atoms with Crippen LogP contribution in [-0.2, 0) is 4.74 Å². The van der Waals surface area contributed by atoms with Gasteiger partial charge in [-0.15, -0.1) is 11.3 Å². The summed E-state index contributed by atoms with van der Waals surface area (Å²) in [4.78, 5) is 4.57. The summed E-state index contributed by atoms with van der Waals surface area (Å²) in [6.45, 7) is 0.181. The molecule has 0 aliphatic carbocycles. The molecule has 3 aromatic rings. The Morgan fingerprint density at radius 3 is 2.75 bits per heavy atom. The van der Waals surface area contributed by atoms with Gasteiger partial charge in [0.1, 0.15) is 5.01 Å². The van der Waals surface area contributed by atoms with Gasteiger partial charge < -0.3 is 19.9 Å². The van der Waals surface area contributed by atoms with E-state index in [1.807, 2.05) is 48.6 Å². The Hall–Kier alpha value is -2.57. The largest absolute Gasteiger partial charge is 0.493 e. The first-order chi connectivity index (χ1) is 11.7. The van der Waals surface area contributed by atoms with Gasteiger partial charge in [-0.1, -0.05) is 12.1 Å². The quantitative estimate of drug-likeness (QED) is 0.541. The molecule has 1 aromatic heterocycles. The molecule has 124 valence electrons. The lowest BCUT2D eigenvalue weighted by Crippen LogP contribution is -2.00. The van der Waals surface area contributed by atoms with Crippen molar-refractivity contribution >= 4 is 39.4 Å². The number of nitrogen functional groups attached to an aromatic ring is 1. The van der Waals surface area contributed by atoms with Crippen LogP contribution < -0.4 is 15.2 Å². The average Bonchev–Trinajstić information content (AvgIpc) is 3.00. The molecule has 2 aromatic carbocycles. The number of rotatable bonds is 6. The smallest absolute Gasteiger partial charge is 0.188 e. The molecule has 0 saturated heterocycles. The van der Waals surface area contributed by atoms with Crippen molar-refractivity contribution in [3.63, 3.8) is 0 Å². The maximum Gasteiger partial charge on any atom is 0.188 e. The molecule has 6 heteroatoms. The fraction of sp³-hybridized carbons (Fsp3) is 0.167. The molecule has 0 amide bonds. The van der Waals surface area contributed by atoms with E-state index in [0.717, 1.165) is 26.5 Å². The number of aromatic nitrogens is 1. The molecule has 0 spiro atoms. The van der Waals surface area contributed by atoms with Gasteiger partial charge in [0, 0.05) is 12.8 Å². The Balaban J connectivity index is 1.82. The Morgan fingerprint density at radius 1 is 1.08 bits per heavy atom. The predicted molar refractivity (Wildman–Crippen MR) is 98.5 cm³/mol. The van der Waals surface area contributed by atoms with Gasteiger partial charge in [0.05, 0.1) is 17.3 Å². The van der Waals surface area contributed by atoms with Crippen LogP contribution in [0.5, 0.6) is 11.5 Å². The number of thiazole rings is 1. The third-order valence-electron chi connectivity index (χ3n) is 3.37. The van der Waals surface area contributed by atoms with Crippen molar-refractivity contribution in [2.45, 2.75) is 0 Å². The second-order valence-corrected chi connectivity index (χ2v) is 6.14. The number of nitrogens with two attached hydrogens (primary N) is 1. The maximum atomic E-state index is 5.79. The van der Waals surface area contributed by atoms with E-state index in [1.165, 1.54) is 0 Å². The minimum atomic E-state index is 0.181. The molecular formula is C18H18N2O3S. The first-order valence-electron chi connectivity index (χ1n) is 7.33. The summed E-state index contributed by atoms with van der Waals surface area (Å²) in [5, 5.41) is 0.925. The van der Waals surface area contributed by atoms with Crippen molar-refractivity contribution in [2.75, 3.05) is 26.7 Å². The summed E-state index contributed by atoms with van der Waals surface area (Å²) in [7, 11) is 3.19. The Morgan fingerprint density at radius 2 is 1.96 bits per heavy atom. The van der Waals surface area contributed by atoms with Crippen LogP contribution in [-0.4, -0.2) is 26.0 Å². The Bertz CT molecular complexity index is 874. The van der Waals surface area contributed by atoms with Crippen LogP contribution in [0.4, 0.5) is 5.69 Å². The molecule has 0 aliphatic heterocycles. The van der Waals surface area contributed by atoms with Crippen LogP contribution in [0, 0.1) is 0 Å². The van der Waals surface area contributed by atoms with Gasteiger partial charge in [-0.3, -0.25) is 0 Å². The Kier molecular flexibility index (Phi) is 4.98. The van der Waals surface area contributed by atoms with Crippen molar-refractivity contribution in [1.29, 1.82) is 0 Å². The summed E-state index contributed by atoms with van der Waals surface area (Å²) in [6, 6.07) is 11.5. The first kappa shape index (κ1) is 16.3. The highest BCUT2D eigenvalue weighted by Gasteiger charge is 2.05. The zero-order valence-corrected chi connectivity index (χ0v) is 14.3. The average molecular weight is 342 g/mol. The molecule has 24 heavy (non-hydrogen) atoms. The van der Waals surface area contributed by atoms with Crippen LogP contribution in [0.25, 0.3) is 22.4 Å². The number of anilines is 1. The van der Waals surface area contributed by atoms with Gasteiger partial charge >= 0.3 is 0 Å². The third kappa shape index (κ3) is 3.67. The molecule has 3 rings (SSSR count). The summed E-state index contributed by atoms with van der Waals surface area (Å²) >= 11 is 1.62. The zero-order chi connectivity index (χ0) is 16.9. The molecule has 0 bridgehead atoms. The first-order valence-corrected chi connectivity index (χ1v) is 8.15. The third-order valence-corrected chi connectivity index (χ3v) is 4.37. The second kappa shape index (κ2) is 7.33. The van der Waals surface area contributed by atoms with Crippen LogP contribution in [0.15, 0.2) is 36.4 Å². The fourth-order valence-corrected chi connectivity index (χ4v) is 3.08. The van der Waals surface area contributed by atoms with E-state index >= 15 is 0 Å². The highest BCUT2D eigenvalue weighted by Crippen LogP contribution is 2.29. The lowest BCUT2D eigenvalue weighted by Gasteiger charge is -2.10. The van der Waals surface area contributed by atoms with Gasteiger partial charge in [0.25, 0.3) is 0 Å². The lowest BCUT2D eigenvalue weighted by atomic mass is 10.2. The van der Waals surface area contributed by atoms with Crippen LogP contribution in [0.1, 0.15) is 10.6 Å². The number of hydrogen-bond acceptors (Lipinski definition) is 6. The van der Waals surface area contributed by atoms with Gasteiger partial charge in [-0.25, -0.2) is 4.98 Å². The van der Waals surface area contributed by atoms with E-state index in [0.29, 0.717) is 11.5 Å². The van der Waals surface area contributed by atoms with Gasteiger partial charge in [0.2, 0.25) is 0 Å². The monoisotopic (exact) mass is 342 g/mol. The van der Waals surface area contributed by atoms with E-state index in [4.69, 9.17) is 19.9 Å². The van der Waals surface area contributed by atoms with Crippen LogP contribution in [0.2, 0.25) is 0 Å². The van der Waals surface area contributed by atoms with Gasteiger partial charge in [-0.2, -0.15) is 0 Å². The van der Waals surface area contributed by atoms with E-state index in [-0.39, 0.29) is 6.79 Å². The van der Waals surface area contributed by atoms with Crippen LogP contribution in [0.3, 0.4) is 0 Å². The van der Waals surface area contributed by atoms with Crippen molar-refractivity contribution in [3.05, 3.63) is 47.0 Å². The normalized spacial score (nSPS) is 11.2. The van der Waals surface area contributed by atoms with E-state index in [2.05, 4.69) is 4.98 Å². The van der Waals surface area contributed by atoms with E-state index in [1.54, 1.807) is 25.6 Å². The number of methoxy groups -OCH3 is 2. The van der Waals surface area contributed by atoms with Crippen molar-refractivity contribution in [1.82, 2.24) is 4.98 Å².